The lowest BCUT2D eigenvalue weighted by Gasteiger charge is -2.13. The number of hydrogen-bond acceptors (Lipinski definition) is 3. The Morgan fingerprint density at radius 2 is 2.00 bits per heavy atom. The van der Waals surface area contributed by atoms with Gasteiger partial charge in [-0.2, -0.15) is 0 Å². The first-order valence-electron chi connectivity index (χ1n) is 5.61. The van der Waals surface area contributed by atoms with E-state index in [-0.39, 0.29) is 0 Å². The van der Waals surface area contributed by atoms with Crippen LogP contribution < -0.4 is 0 Å². The predicted molar refractivity (Wildman–Crippen MR) is 66.5 cm³/mol. The molecule has 0 aromatic heterocycles. The Kier molecular flexibility index (Phi) is 5.43. The summed E-state index contributed by atoms with van der Waals surface area (Å²) >= 11 is 0. The molecule has 0 radical (unpaired) electrons. The topological polar surface area (TPSA) is 35.5 Å². The van der Waals surface area contributed by atoms with E-state index in [1.54, 1.807) is 13.8 Å². The van der Waals surface area contributed by atoms with E-state index in [0.29, 0.717) is 12.2 Å². The SMILES string of the molecule is C=C(C)C(=O)OC(C)OCCc1ccccc1. The van der Waals surface area contributed by atoms with Crippen molar-refractivity contribution in [3.8, 4) is 0 Å². The fraction of sp³-hybridized carbons (Fsp3) is 0.357. The lowest BCUT2D eigenvalue weighted by atomic mass is 10.2. The van der Waals surface area contributed by atoms with Crippen molar-refractivity contribution in [2.24, 2.45) is 0 Å². The minimum absolute atomic E-state index is 0.378. The van der Waals surface area contributed by atoms with Crippen LogP contribution in [0.4, 0.5) is 0 Å². The van der Waals surface area contributed by atoms with Gasteiger partial charge in [-0.25, -0.2) is 4.79 Å². The lowest BCUT2D eigenvalue weighted by molar-refractivity contribution is -0.169. The van der Waals surface area contributed by atoms with Gasteiger partial charge in [-0.15, -0.1) is 0 Å². The molecule has 1 atom stereocenters. The molecule has 0 N–H and O–H groups in total. The Bertz CT molecular complexity index is 370. The maximum absolute atomic E-state index is 11.2. The number of hydrogen-bond donors (Lipinski definition) is 0. The largest absolute Gasteiger partial charge is 0.433 e. The molecule has 0 saturated heterocycles. The van der Waals surface area contributed by atoms with Crippen LogP contribution in [-0.4, -0.2) is 18.9 Å². The molecule has 0 aliphatic carbocycles. The summed E-state index contributed by atoms with van der Waals surface area (Å²) in [5.41, 5.74) is 1.58. The Balaban J connectivity index is 2.23. The van der Waals surface area contributed by atoms with E-state index in [1.807, 2.05) is 30.3 Å². The van der Waals surface area contributed by atoms with Gasteiger partial charge in [0.2, 0.25) is 0 Å². The summed E-state index contributed by atoms with van der Waals surface area (Å²) in [6.07, 6.45) is 0.262. The first-order chi connectivity index (χ1) is 8.09. The number of carbonyl (C=O) groups excluding carboxylic acids is 1. The normalized spacial score (nSPS) is 11.9. The molecular formula is C14H18O3. The Labute approximate surface area is 102 Å². The highest BCUT2D eigenvalue weighted by Crippen LogP contribution is 2.03. The van der Waals surface area contributed by atoms with Crippen LogP contribution in [0.5, 0.6) is 0 Å². The van der Waals surface area contributed by atoms with Gasteiger partial charge < -0.3 is 9.47 Å². The average molecular weight is 234 g/mol. The molecule has 0 saturated carbocycles. The minimum Gasteiger partial charge on any atom is -0.433 e. The van der Waals surface area contributed by atoms with Crippen LogP contribution in [0.2, 0.25) is 0 Å². The van der Waals surface area contributed by atoms with Gasteiger partial charge in [0.05, 0.1) is 6.61 Å². The predicted octanol–water partition coefficient (Wildman–Crippen LogP) is 2.71. The molecule has 0 aliphatic heterocycles. The van der Waals surface area contributed by atoms with Gasteiger partial charge >= 0.3 is 5.97 Å². The van der Waals surface area contributed by atoms with Crippen LogP contribution in [0.25, 0.3) is 0 Å². The molecule has 3 nitrogen and oxygen atoms in total. The van der Waals surface area contributed by atoms with Crippen molar-refractivity contribution in [3.63, 3.8) is 0 Å². The minimum atomic E-state index is -0.539. The summed E-state index contributed by atoms with van der Waals surface area (Å²) in [6.45, 7) is 7.34. The van der Waals surface area contributed by atoms with Crippen molar-refractivity contribution in [1.82, 2.24) is 0 Å². The average Bonchev–Trinajstić information content (AvgIpc) is 2.30. The van der Waals surface area contributed by atoms with Gasteiger partial charge in [0, 0.05) is 5.57 Å². The molecule has 3 heteroatoms. The lowest BCUT2D eigenvalue weighted by Crippen LogP contribution is -2.19. The zero-order chi connectivity index (χ0) is 12.7. The zero-order valence-electron chi connectivity index (χ0n) is 10.3. The Morgan fingerprint density at radius 1 is 1.35 bits per heavy atom. The van der Waals surface area contributed by atoms with Gasteiger partial charge in [-0.3, -0.25) is 0 Å². The summed E-state index contributed by atoms with van der Waals surface area (Å²) < 4.78 is 10.4. The Hall–Kier alpha value is -1.61. The number of benzene rings is 1. The number of carbonyl (C=O) groups is 1. The fourth-order valence-corrected chi connectivity index (χ4v) is 1.27. The van der Waals surface area contributed by atoms with E-state index in [2.05, 4.69) is 6.58 Å². The van der Waals surface area contributed by atoms with Crippen LogP contribution in [-0.2, 0) is 20.7 Å². The van der Waals surface area contributed by atoms with Crippen LogP contribution >= 0.6 is 0 Å². The molecule has 1 unspecified atom stereocenters. The van der Waals surface area contributed by atoms with E-state index >= 15 is 0 Å². The van der Waals surface area contributed by atoms with Crippen LogP contribution in [0.3, 0.4) is 0 Å². The molecule has 0 amide bonds. The summed E-state index contributed by atoms with van der Waals surface area (Å²) in [4.78, 5) is 11.2. The van der Waals surface area contributed by atoms with Gasteiger partial charge in [0.1, 0.15) is 0 Å². The number of rotatable bonds is 6. The summed E-state index contributed by atoms with van der Waals surface area (Å²) in [5, 5.41) is 0. The van der Waals surface area contributed by atoms with Crippen molar-refractivity contribution in [2.75, 3.05) is 6.61 Å². The van der Waals surface area contributed by atoms with Crippen LogP contribution in [0.1, 0.15) is 19.4 Å². The molecule has 0 aliphatic rings. The molecule has 1 aromatic rings. The molecule has 0 fully saturated rings. The van der Waals surface area contributed by atoms with Crippen molar-refractivity contribution in [1.29, 1.82) is 0 Å². The second-order valence-corrected chi connectivity index (χ2v) is 3.86. The van der Waals surface area contributed by atoms with Gasteiger partial charge in [-0.1, -0.05) is 36.9 Å². The molecule has 17 heavy (non-hydrogen) atoms. The van der Waals surface area contributed by atoms with E-state index in [4.69, 9.17) is 9.47 Å². The van der Waals surface area contributed by atoms with Gasteiger partial charge in [0.15, 0.2) is 6.29 Å². The maximum Gasteiger partial charge on any atom is 0.335 e. The third-order valence-electron chi connectivity index (χ3n) is 2.21. The zero-order valence-corrected chi connectivity index (χ0v) is 10.3. The van der Waals surface area contributed by atoms with Crippen LogP contribution in [0.15, 0.2) is 42.5 Å². The standard InChI is InChI=1S/C14H18O3/c1-11(2)14(15)17-12(3)16-10-9-13-7-5-4-6-8-13/h4-8,12H,1,9-10H2,2-3H3. The van der Waals surface area contributed by atoms with Crippen molar-refractivity contribution >= 4 is 5.97 Å². The fourth-order valence-electron chi connectivity index (χ4n) is 1.27. The number of ether oxygens (including phenoxy) is 2. The number of esters is 1. The molecule has 92 valence electrons. The quantitative estimate of drug-likeness (QED) is 0.431. The molecular weight excluding hydrogens is 216 g/mol. The van der Waals surface area contributed by atoms with Gasteiger partial charge in [-0.05, 0) is 25.8 Å². The summed E-state index contributed by atoms with van der Waals surface area (Å²) in [7, 11) is 0. The van der Waals surface area contributed by atoms with Crippen LogP contribution in [0, 0.1) is 0 Å². The van der Waals surface area contributed by atoms with Crippen molar-refractivity contribution in [3.05, 3.63) is 48.0 Å². The Morgan fingerprint density at radius 3 is 2.59 bits per heavy atom. The monoisotopic (exact) mass is 234 g/mol. The highest BCUT2D eigenvalue weighted by molar-refractivity contribution is 5.86. The smallest absolute Gasteiger partial charge is 0.335 e. The summed E-state index contributed by atoms with van der Waals surface area (Å²) in [5.74, 6) is -0.419. The third-order valence-corrected chi connectivity index (χ3v) is 2.21. The van der Waals surface area contributed by atoms with E-state index in [1.165, 1.54) is 5.56 Å². The molecule has 0 bridgehead atoms. The highest BCUT2D eigenvalue weighted by atomic mass is 16.7. The second-order valence-electron chi connectivity index (χ2n) is 3.86. The van der Waals surface area contributed by atoms with E-state index in [9.17, 15) is 4.79 Å². The third kappa shape index (κ3) is 5.31. The first-order valence-corrected chi connectivity index (χ1v) is 5.61. The highest BCUT2D eigenvalue weighted by Gasteiger charge is 2.09. The first kappa shape index (κ1) is 13.5. The summed E-state index contributed by atoms with van der Waals surface area (Å²) in [6, 6.07) is 10.0. The van der Waals surface area contributed by atoms with E-state index in [0.717, 1.165) is 6.42 Å². The van der Waals surface area contributed by atoms with Crippen molar-refractivity contribution in [2.45, 2.75) is 26.6 Å². The maximum atomic E-state index is 11.2. The molecule has 1 rings (SSSR count). The van der Waals surface area contributed by atoms with E-state index < -0.39 is 12.3 Å². The molecule has 0 spiro atoms. The second kappa shape index (κ2) is 6.86. The van der Waals surface area contributed by atoms with Gasteiger partial charge in [0.25, 0.3) is 0 Å². The molecule has 1 aromatic carbocycles. The molecule has 0 heterocycles. The van der Waals surface area contributed by atoms with Crippen molar-refractivity contribution < 1.29 is 14.3 Å².